The minimum atomic E-state index is -0.342. The highest BCUT2D eigenvalue weighted by molar-refractivity contribution is 5.74. The topological polar surface area (TPSA) is 68.3 Å². The van der Waals surface area contributed by atoms with Gasteiger partial charge in [-0.1, -0.05) is 37.3 Å². The average Bonchev–Trinajstić information content (AvgIpc) is 3.17. The number of nitrogens with zero attached hydrogens (tertiary/aromatic N) is 6. The molecule has 0 aliphatic carbocycles. The molecular formula is C23H32N6O2. The minimum absolute atomic E-state index is 0.277. The fourth-order valence-electron chi connectivity index (χ4n) is 4.46. The van der Waals surface area contributed by atoms with E-state index in [0.29, 0.717) is 17.7 Å². The summed E-state index contributed by atoms with van der Waals surface area (Å²) in [6.45, 7) is 7.71. The molecule has 0 radical (unpaired) electrons. The Bertz CT molecular complexity index is 1150. The van der Waals surface area contributed by atoms with E-state index in [4.69, 9.17) is 4.98 Å². The molecule has 1 aromatic carbocycles. The first-order chi connectivity index (χ1) is 15.0. The van der Waals surface area contributed by atoms with Crippen molar-refractivity contribution in [2.75, 3.05) is 37.6 Å². The largest absolute Gasteiger partial charge is 0.340 e. The van der Waals surface area contributed by atoms with Gasteiger partial charge in [-0.05, 0) is 31.4 Å². The normalized spacial score (nSPS) is 15.1. The van der Waals surface area contributed by atoms with Gasteiger partial charge in [0, 0.05) is 46.8 Å². The van der Waals surface area contributed by atoms with Crippen LogP contribution in [0, 0.1) is 0 Å². The molecule has 1 saturated heterocycles. The zero-order valence-corrected chi connectivity index (χ0v) is 18.8. The van der Waals surface area contributed by atoms with Gasteiger partial charge in [0.2, 0.25) is 5.95 Å². The van der Waals surface area contributed by atoms with Gasteiger partial charge < -0.3 is 9.47 Å². The Labute approximate surface area is 182 Å². The van der Waals surface area contributed by atoms with Crippen LogP contribution in [0.1, 0.15) is 25.3 Å². The van der Waals surface area contributed by atoms with Crippen molar-refractivity contribution >= 4 is 17.1 Å². The highest BCUT2D eigenvalue weighted by Gasteiger charge is 2.25. The number of hydrogen-bond donors (Lipinski definition) is 0. The van der Waals surface area contributed by atoms with Gasteiger partial charge in [-0.25, -0.2) is 4.79 Å². The smallest absolute Gasteiger partial charge is 0.332 e. The zero-order chi connectivity index (χ0) is 22.0. The van der Waals surface area contributed by atoms with E-state index in [-0.39, 0.29) is 11.2 Å². The first kappa shape index (κ1) is 21.4. The lowest BCUT2D eigenvalue weighted by atomic mass is 10.1. The number of piperazine rings is 1. The lowest BCUT2D eigenvalue weighted by Gasteiger charge is -2.35. The first-order valence-electron chi connectivity index (χ1n) is 11.2. The number of aromatic nitrogens is 4. The van der Waals surface area contributed by atoms with Crippen molar-refractivity contribution in [1.82, 2.24) is 23.6 Å². The minimum Gasteiger partial charge on any atom is -0.340 e. The lowest BCUT2D eigenvalue weighted by molar-refractivity contribution is 0.256. The van der Waals surface area contributed by atoms with Gasteiger partial charge in [0.05, 0.1) is 0 Å². The molecule has 166 valence electrons. The second-order valence-corrected chi connectivity index (χ2v) is 8.36. The van der Waals surface area contributed by atoms with E-state index in [0.717, 1.165) is 57.9 Å². The maximum Gasteiger partial charge on any atom is 0.332 e. The van der Waals surface area contributed by atoms with Gasteiger partial charge in [-0.2, -0.15) is 4.98 Å². The van der Waals surface area contributed by atoms with E-state index in [9.17, 15) is 9.59 Å². The third-order valence-corrected chi connectivity index (χ3v) is 6.21. The molecule has 0 atom stereocenters. The van der Waals surface area contributed by atoms with Crippen molar-refractivity contribution in [3.05, 3.63) is 56.7 Å². The van der Waals surface area contributed by atoms with E-state index in [2.05, 4.69) is 41.0 Å². The van der Waals surface area contributed by atoms with Crippen molar-refractivity contribution in [2.45, 2.75) is 32.7 Å². The van der Waals surface area contributed by atoms with Crippen molar-refractivity contribution in [3.8, 4) is 0 Å². The van der Waals surface area contributed by atoms with Gasteiger partial charge in [0.15, 0.2) is 11.2 Å². The standard InChI is InChI=1S/C23H32N6O2/c1-4-12-27-14-16-28(17-15-27)22-24-20-19(21(30)26(3)23(31)25(20)2)29(22)13-8-11-18-9-6-5-7-10-18/h5-7,9-10H,4,8,11-17H2,1-3H3. The van der Waals surface area contributed by atoms with Crippen LogP contribution in [-0.4, -0.2) is 56.3 Å². The monoisotopic (exact) mass is 424 g/mol. The number of imidazole rings is 1. The number of fused-ring (bicyclic) bond motifs is 1. The van der Waals surface area contributed by atoms with Gasteiger partial charge in [-0.3, -0.25) is 18.8 Å². The number of benzene rings is 1. The number of hydrogen-bond acceptors (Lipinski definition) is 5. The third-order valence-electron chi connectivity index (χ3n) is 6.21. The Kier molecular flexibility index (Phi) is 6.27. The molecule has 2 aromatic heterocycles. The molecule has 3 heterocycles. The van der Waals surface area contributed by atoms with Crippen molar-refractivity contribution in [3.63, 3.8) is 0 Å². The van der Waals surface area contributed by atoms with Crippen LogP contribution in [0.2, 0.25) is 0 Å². The second kappa shape index (κ2) is 9.09. The van der Waals surface area contributed by atoms with Crippen LogP contribution in [-0.2, 0) is 27.1 Å². The summed E-state index contributed by atoms with van der Waals surface area (Å²) in [4.78, 5) is 35.1. The van der Waals surface area contributed by atoms with Crippen molar-refractivity contribution < 1.29 is 0 Å². The number of rotatable bonds is 7. The summed E-state index contributed by atoms with van der Waals surface area (Å²) < 4.78 is 4.71. The molecule has 4 rings (SSSR count). The molecule has 1 aliphatic heterocycles. The average molecular weight is 425 g/mol. The fourth-order valence-corrected chi connectivity index (χ4v) is 4.46. The predicted octanol–water partition coefficient (Wildman–Crippen LogP) is 1.60. The maximum absolute atomic E-state index is 13.1. The summed E-state index contributed by atoms with van der Waals surface area (Å²) >= 11 is 0. The molecule has 0 saturated carbocycles. The summed E-state index contributed by atoms with van der Waals surface area (Å²) in [5.41, 5.74) is 1.65. The van der Waals surface area contributed by atoms with E-state index < -0.39 is 0 Å². The molecule has 0 bridgehead atoms. The van der Waals surface area contributed by atoms with Crippen LogP contribution in [0.25, 0.3) is 11.2 Å². The predicted molar refractivity (Wildman–Crippen MR) is 124 cm³/mol. The summed E-state index contributed by atoms with van der Waals surface area (Å²) in [7, 11) is 3.23. The van der Waals surface area contributed by atoms with Crippen molar-refractivity contribution in [1.29, 1.82) is 0 Å². The molecule has 0 unspecified atom stereocenters. The van der Waals surface area contributed by atoms with E-state index in [1.807, 2.05) is 10.6 Å². The van der Waals surface area contributed by atoms with Crippen LogP contribution in [0.5, 0.6) is 0 Å². The quantitative estimate of drug-likeness (QED) is 0.576. The Morgan fingerprint density at radius 3 is 2.32 bits per heavy atom. The molecule has 31 heavy (non-hydrogen) atoms. The summed E-state index contributed by atoms with van der Waals surface area (Å²) in [5, 5.41) is 0. The third kappa shape index (κ3) is 4.17. The Balaban J connectivity index is 1.69. The molecule has 0 spiro atoms. The first-order valence-corrected chi connectivity index (χ1v) is 11.2. The van der Waals surface area contributed by atoms with E-state index in [1.165, 1.54) is 21.7 Å². The highest BCUT2D eigenvalue weighted by atomic mass is 16.2. The van der Waals surface area contributed by atoms with Gasteiger partial charge in [0.1, 0.15) is 0 Å². The van der Waals surface area contributed by atoms with Crippen LogP contribution < -0.4 is 16.1 Å². The Morgan fingerprint density at radius 1 is 0.935 bits per heavy atom. The number of anilines is 1. The molecule has 1 fully saturated rings. The van der Waals surface area contributed by atoms with Gasteiger partial charge in [-0.15, -0.1) is 0 Å². The second-order valence-electron chi connectivity index (χ2n) is 8.36. The lowest BCUT2D eigenvalue weighted by Crippen LogP contribution is -2.47. The molecule has 8 nitrogen and oxygen atoms in total. The number of aryl methyl sites for hydroxylation is 3. The summed E-state index contributed by atoms with van der Waals surface area (Å²) in [6, 6.07) is 10.4. The maximum atomic E-state index is 13.1. The summed E-state index contributed by atoms with van der Waals surface area (Å²) in [5.74, 6) is 0.803. The molecule has 0 amide bonds. The van der Waals surface area contributed by atoms with Gasteiger partial charge in [0.25, 0.3) is 5.56 Å². The molecule has 1 aliphatic rings. The molecular weight excluding hydrogens is 392 g/mol. The summed E-state index contributed by atoms with van der Waals surface area (Å²) in [6.07, 6.45) is 2.97. The van der Waals surface area contributed by atoms with Crippen LogP contribution in [0.15, 0.2) is 39.9 Å². The SMILES string of the molecule is CCCN1CCN(c2nc3c(c(=O)n(C)c(=O)n3C)n2CCCc2ccccc2)CC1. The van der Waals surface area contributed by atoms with E-state index >= 15 is 0 Å². The van der Waals surface area contributed by atoms with Crippen LogP contribution in [0.3, 0.4) is 0 Å². The van der Waals surface area contributed by atoms with Crippen LogP contribution >= 0.6 is 0 Å². The Morgan fingerprint density at radius 2 is 1.65 bits per heavy atom. The highest BCUT2D eigenvalue weighted by Crippen LogP contribution is 2.22. The molecule has 8 heteroatoms. The Hall–Kier alpha value is -2.87. The van der Waals surface area contributed by atoms with E-state index in [1.54, 1.807) is 7.05 Å². The molecule has 0 N–H and O–H groups in total. The van der Waals surface area contributed by atoms with Crippen molar-refractivity contribution in [2.24, 2.45) is 14.1 Å². The van der Waals surface area contributed by atoms with Crippen LogP contribution in [0.4, 0.5) is 5.95 Å². The zero-order valence-electron chi connectivity index (χ0n) is 18.8. The molecule has 3 aromatic rings. The van der Waals surface area contributed by atoms with Gasteiger partial charge >= 0.3 is 5.69 Å². The fraction of sp³-hybridized carbons (Fsp3) is 0.522.